The van der Waals surface area contributed by atoms with Gasteiger partial charge in [0.1, 0.15) is 0 Å². The van der Waals surface area contributed by atoms with Crippen LogP contribution in [0.1, 0.15) is 44.9 Å². The van der Waals surface area contributed by atoms with Crippen LogP contribution in [-0.4, -0.2) is 78.4 Å². The summed E-state index contributed by atoms with van der Waals surface area (Å²) in [7, 11) is 1.37. The lowest BCUT2D eigenvalue weighted by molar-refractivity contribution is -0.131. The maximum Gasteiger partial charge on any atom is 0.337 e. The topological polar surface area (TPSA) is 70.2 Å². The summed E-state index contributed by atoms with van der Waals surface area (Å²) in [4.78, 5) is 44.0. The number of hydrogen-bond donors (Lipinski definition) is 0. The van der Waals surface area contributed by atoms with Crippen LogP contribution in [-0.2, 0) is 16.1 Å². The predicted octanol–water partition coefficient (Wildman–Crippen LogP) is 2.87. The van der Waals surface area contributed by atoms with E-state index in [-0.39, 0.29) is 17.8 Å². The van der Waals surface area contributed by atoms with Crippen molar-refractivity contribution in [1.29, 1.82) is 0 Å². The molecule has 7 nitrogen and oxygen atoms in total. The Morgan fingerprint density at radius 2 is 1.78 bits per heavy atom. The van der Waals surface area contributed by atoms with E-state index in [4.69, 9.17) is 4.74 Å². The van der Waals surface area contributed by atoms with Crippen LogP contribution in [0.15, 0.2) is 41.8 Å². The first-order valence-electron chi connectivity index (χ1n) is 11.1. The molecule has 0 saturated carbocycles. The molecule has 0 spiro atoms. The summed E-state index contributed by atoms with van der Waals surface area (Å²) in [6.07, 6.45) is 2.33. The Balaban J connectivity index is 1.29. The van der Waals surface area contributed by atoms with E-state index in [9.17, 15) is 14.4 Å². The molecule has 2 aliphatic rings. The largest absolute Gasteiger partial charge is 0.465 e. The maximum absolute atomic E-state index is 12.7. The zero-order chi connectivity index (χ0) is 22.5. The molecule has 8 heteroatoms. The maximum atomic E-state index is 12.7. The van der Waals surface area contributed by atoms with Crippen molar-refractivity contribution in [2.45, 2.75) is 31.8 Å². The third-order valence-electron chi connectivity index (χ3n) is 6.37. The number of likely N-dealkylation sites (tertiary alicyclic amines) is 1. The van der Waals surface area contributed by atoms with E-state index < -0.39 is 0 Å². The van der Waals surface area contributed by atoms with Gasteiger partial charge in [-0.1, -0.05) is 18.2 Å². The number of amides is 2. The zero-order valence-electron chi connectivity index (χ0n) is 18.4. The molecule has 1 atom stereocenters. The lowest BCUT2D eigenvalue weighted by Crippen LogP contribution is -2.52. The van der Waals surface area contributed by atoms with E-state index in [1.54, 1.807) is 12.1 Å². The number of rotatable bonds is 5. The van der Waals surface area contributed by atoms with Crippen LogP contribution in [0.4, 0.5) is 0 Å². The monoisotopic (exact) mass is 455 g/mol. The molecule has 2 aromatic rings. The Hall–Kier alpha value is -2.71. The Labute approximate surface area is 192 Å². The SMILES string of the molecule is COC(=O)c1ccc(CN2CCC(N3CCN(C(=O)c4cccs4)CC3)CCC2=O)cc1. The first-order chi connectivity index (χ1) is 15.5. The van der Waals surface area contributed by atoms with Crippen LogP contribution in [0.5, 0.6) is 0 Å². The summed E-state index contributed by atoms with van der Waals surface area (Å²) in [5.74, 6) is -0.0569. The van der Waals surface area contributed by atoms with E-state index in [0.29, 0.717) is 24.6 Å². The molecule has 1 unspecified atom stereocenters. The third-order valence-corrected chi connectivity index (χ3v) is 7.23. The highest BCUT2D eigenvalue weighted by Crippen LogP contribution is 2.22. The molecule has 1 aromatic carbocycles. The van der Waals surface area contributed by atoms with Crippen molar-refractivity contribution >= 4 is 29.1 Å². The fraction of sp³-hybridized carbons (Fsp3) is 0.458. The van der Waals surface area contributed by atoms with E-state index >= 15 is 0 Å². The summed E-state index contributed by atoms with van der Waals surface area (Å²) >= 11 is 1.49. The summed E-state index contributed by atoms with van der Waals surface area (Å²) in [5.41, 5.74) is 1.51. The van der Waals surface area contributed by atoms with E-state index in [0.717, 1.165) is 56.0 Å². The number of carbonyl (C=O) groups is 3. The molecule has 2 aliphatic heterocycles. The minimum atomic E-state index is -0.359. The minimum absolute atomic E-state index is 0.125. The van der Waals surface area contributed by atoms with Crippen LogP contribution in [0.2, 0.25) is 0 Å². The highest BCUT2D eigenvalue weighted by molar-refractivity contribution is 7.12. The summed E-state index contributed by atoms with van der Waals surface area (Å²) in [6.45, 7) is 4.44. The van der Waals surface area contributed by atoms with Crippen LogP contribution < -0.4 is 0 Å². The van der Waals surface area contributed by atoms with Crippen molar-refractivity contribution in [3.05, 3.63) is 57.8 Å². The Bertz CT molecular complexity index is 937. The molecule has 3 heterocycles. The highest BCUT2D eigenvalue weighted by Gasteiger charge is 2.30. The molecule has 2 saturated heterocycles. The van der Waals surface area contributed by atoms with Crippen molar-refractivity contribution < 1.29 is 19.1 Å². The summed E-state index contributed by atoms with van der Waals surface area (Å²) in [5, 5.41) is 1.94. The van der Waals surface area contributed by atoms with Crippen molar-refractivity contribution in [3.63, 3.8) is 0 Å². The van der Waals surface area contributed by atoms with Gasteiger partial charge < -0.3 is 14.5 Å². The molecule has 0 aliphatic carbocycles. The van der Waals surface area contributed by atoms with Gasteiger partial charge in [-0.05, 0) is 42.0 Å². The summed E-state index contributed by atoms with van der Waals surface area (Å²) < 4.78 is 4.74. The van der Waals surface area contributed by atoms with Crippen molar-refractivity contribution in [2.75, 3.05) is 39.8 Å². The van der Waals surface area contributed by atoms with Gasteiger partial charge in [0.15, 0.2) is 0 Å². The highest BCUT2D eigenvalue weighted by atomic mass is 32.1. The van der Waals surface area contributed by atoms with Crippen molar-refractivity contribution in [2.24, 2.45) is 0 Å². The van der Waals surface area contributed by atoms with Crippen molar-refractivity contribution in [1.82, 2.24) is 14.7 Å². The number of piperazine rings is 1. The molecular weight excluding hydrogens is 426 g/mol. The van der Waals surface area contributed by atoms with Gasteiger partial charge in [0.2, 0.25) is 5.91 Å². The van der Waals surface area contributed by atoms with E-state index in [1.165, 1.54) is 18.4 Å². The average Bonchev–Trinajstić information content (AvgIpc) is 3.31. The molecule has 4 rings (SSSR count). The van der Waals surface area contributed by atoms with E-state index in [1.807, 2.05) is 39.4 Å². The number of benzene rings is 1. The number of methoxy groups -OCH3 is 1. The molecule has 170 valence electrons. The second kappa shape index (κ2) is 10.3. The number of nitrogens with zero attached hydrogens (tertiary/aromatic N) is 3. The molecule has 32 heavy (non-hydrogen) atoms. The van der Waals surface area contributed by atoms with Crippen LogP contribution in [0.25, 0.3) is 0 Å². The molecule has 0 N–H and O–H groups in total. The van der Waals surface area contributed by atoms with Crippen LogP contribution in [0, 0.1) is 0 Å². The lowest BCUT2D eigenvalue weighted by Gasteiger charge is -2.39. The van der Waals surface area contributed by atoms with Gasteiger partial charge in [-0.2, -0.15) is 0 Å². The lowest BCUT2D eigenvalue weighted by atomic mass is 10.1. The number of ether oxygens (including phenoxy) is 1. The number of thiophene rings is 1. The van der Waals surface area contributed by atoms with Gasteiger partial charge in [-0.25, -0.2) is 4.79 Å². The average molecular weight is 456 g/mol. The Morgan fingerprint density at radius 1 is 1.03 bits per heavy atom. The smallest absolute Gasteiger partial charge is 0.337 e. The number of hydrogen-bond acceptors (Lipinski definition) is 6. The van der Waals surface area contributed by atoms with Crippen molar-refractivity contribution in [3.8, 4) is 0 Å². The second-order valence-electron chi connectivity index (χ2n) is 8.29. The quantitative estimate of drug-likeness (QED) is 0.649. The van der Waals surface area contributed by atoms with Gasteiger partial charge in [-0.3, -0.25) is 14.5 Å². The van der Waals surface area contributed by atoms with Crippen LogP contribution >= 0.6 is 11.3 Å². The third kappa shape index (κ3) is 5.19. The van der Waals surface area contributed by atoms with Gasteiger partial charge in [0.05, 0.1) is 17.6 Å². The first-order valence-corrected chi connectivity index (χ1v) is 11.9. The Morgan fingerprint density at radius 3 is 2.44 bits per heavy atom. The van der Waals surface area contributed by atoms with Gasteiger partial charge in [0.25, 0.3) is 5.91 Å². The van der Waals surface area contributed by atoms with Gasteiger partial charge in [-0.15, -0.1) is 11.3 Å². The predicted molar refractivity (Wildman–Crippen MR) is 123 cm³/mol. The fourth-order valence-electron chi connectivity index (χ4n) is 4.49. The standard InChI is InChI=1S/C24H29N3O4S/c1-31-24(30)19-6-4-18(5-7-19)17-27-11-10-20(8-9-22(27)28)25-12-14-26(15-13-25)23(29)21-3-2-16-32-21/h2-7,16,20H,8-15,17H2,1H3. The van der Waals surface area contributed by atoms with Gasteiger partial charge >= 0.3 is 5.97 Å². The first kappa shape index (κ1) is 22.5. The molecule has 2 amide bonds. The normalized spacial score (nSPS) is 20.2. The molecular formula is C24H29N3O4S. The minimum Gasteiger partial charge on any atom is -0.465 e. The molecule has 1 aromatic heterocycles. The zero-order valence-corrected chi connectivity index (χ0v) is 19.2. The van der Waals surface area contributed by atoms with Crippen LogP contribution in [0.3, 0.4) is 0 Å². The molecule has 0 bridgehead atoms. The fourth-order valence-corrected chi connectivity index (χ4v) is 5.18. The second-order valence-corrected chi connectivity index (χ2v) is 9.24. The number of esters is 1. The molecule has 0 radical (unpaired) electrons. The van der Waals surface area contributed by atoms with E-state index in [2.05, 4.69) is 4.90 Å². The van der Waals surface area contributed by atoms with Gasteiger partial charge in [0, 0.05) is 51.7 Å². The Kier molecular flexibility index (Phi) is 7.22. The number of carbonyl (C=O) groups excluding carboxylic acids is 3. The molecule has 2 fully saturated rings. The summed E-state index contributed by atoms with van der Waals surface area (Å²) in [6, 6.07) is 11.4.